The van der Waals surface area contributed by atoms with Crippen molar-refractivity contribution >= 4 is 39.5 Å². The van der Waals surface area contributed by atoms with Gasteiger partial charge in [0.05, 0.1) is 23.3 Å². The largest absolute Gasteiger partial charge is 0.192 e. The van der Waals surface area contributed by atoms with Crippen molar-refractivity contribution in [3.05, 3.63) is 118 Å². The Labute approximate surface area is 206 Å². The minimum atomic E-state index is 0.695. The second kappa shape index (κ2) is 12.2. The highest BCUT2D eigenvalue weighted by Crippen LogP contribution is 2.29. The number of nitrogens with zero attached hydrogens (tertiary/aromatic N) is 2. The highest BCUT2D eigenvalue weighted by molar-refractivity contribution is 9.10. The Kier molecular flexibility index (Phi) is 9.01. The Morgan fingerprint density at radius 1 is 0.531 bits per heavy atom. The number of hydrogen-bond donors (Lipinski definition) is 0. The smallest absolute Gasteiger partial charge is 0.0991 e. The fraction of sp³-hybridized carbons (Fsp3) is 0.0370. The molecule has 0 saturated carbocycles. The van der Waals surface area contributed by atoms with Crippen molar-refractivity contribution in [2.24, 2.45) is 0 Å². The fourth-order valence-electron chi connectivity index (χ4n) is 2.58. The summed E-state index contributed by atoms with van der Waals surface area (Å²) >= 11 is 6.80. The van der Waals surface area contributed by atoms with Crippen LogP contribution in [0.5, 0.6) is 0 Å². The maximum atomic E-state index is 8.69. The van der Waals surface area contributed by atoms with E-state index >= 15 is 0 Å². The number of aryl methyl sites for hydroxylation is 1. The summed E-state index contributed by atoms with van der Waals surface area (Å²) < 4.78 is 1.08. The molecule has 32 heavy (non-hydrogen) atoms. The molecule has 2 nitrogen and oxygen atoms in total. The molecule has 0 aliphatic heterocycles. The zero-order valence-corrected chi connectivity index (χ0v) is 20.5. The van der Waals surface area contributed by atoms with E-state index in [1.807, 2.05) is 60.7 Å². The van der Waals surface area contributed by atoms with Crippen LogP contribution in [0.2, 0.25) is 0 Å². The lowest BCUT2D eigenvalue weighted by molar-refractivity contribution is 1.35. The van der Waals surface area contributed by atoms with E-state index in [1.165, 1.54) is 15.4 Å². The SMILES string of the molecule is Cc1ccc(Sc2ccc(C#N)cc2)cc1.N#Cc1ccc(Sc2ccc(Br)cc2)cc1. The lowest BCUT2D eigenvalue weighted by Crippen LogP contribution is -1.76. The standard InChI is InChI=1S/C14H11NS.C13H8BrNS/c1-11-2-6-13(7-3-11)16-14-8-4-12(10-15)5-9-14;14-11-3-7-13(8-4-11)16-12-5-1-10(9-15)2-6-12/h2-9H,1H3;1-8H. The molecule has 0 fully saturated rings. The molecule has 5 heteroatoms. The molecule has 0 aliphatic carbocycles. The van der Waals surface area contributed by atoms with Gasteiger partial charge in [0.2, 0.25) is 0 Å². The lowest BCUT2D eigenvalue weighted by atomic mass is 10.2. The normalized spacial score (nSPS) is 9.75. The van der Waals surface area contributed by atoms with Gasteiger partial charge in [-0.15, -0.1) is 0 Å². The van der Waals surface area contributed by atoms with E-state index < -0.39 is 0 Å². The molecule has 0 saturated heterocycles. The van der Waals surface area contributed by atoms with Gasteiger partial charge in [-0.1, -0.05) is 57.1 Å². The van der Waals surface area contributed by atoms with Crippen LogP contribution in [0.4, 0.5) is 0 Å². The molecule has 0 heterocycles. The number of rotatable bonds is 4. The first-order valence-electron chi connectivity index (χ1n) is 9.74. The fourth-order valence-corrected chi connectivity index (χ4v) is 4.47. The van der Waals surface area contributed by atoms with Gasteiger partial charge in [0.25, 0.3) is 0 Å². The molecule has 0 spiro atoms. The molecular weight excluding hydrogens is 496 g/mol. The number of nitriles is 2. The Balaban J connectivity index is 0.000000181. The van der Waals surface area contributed by atoms with Gasteiger partial charge in [0, 0.05) is 24.1 Å². The monoisotopic (exact) mass is 514 g/mol. The molecule has 0 radical (unpaired) electrons. The van der Waals surface area contributed by atoms with Crippen molar-refractivity contribution in [2.75, 3.05) is 0 Å². The van der Waals surface area contributed by atoms with Crippen LogP contribution in [-0.4, -0.2) is 0 Å². The minimum Gasteiger partial charge on any atom is -0.192 e. The van der Waals surface area contributed by atoms with Gasteiger partial charge in [-0.3, -0.25) is 0 Å². The molecule has 0 aliphatic rings. The summed E-state index contributed by atoms with van der Waals surface area (Å²) in [6.07, 6.45) is 0. The second-order valence-corrected chi connectivity index (χ2v) is 9.95. The van der Waals surface area contributed by atoms with E-state index in [0.717, 1.165) is 14.3 Å². The first-order chi connectivity index (χ1) is 15.6. The van der Waals surface area contributed by atoms with Gasteiger partial charge in [0.15, 0.2) is 0 Å². The van der Waals surface area contributed by atoms with E-state index in [4.69, 9.17) is 10.5 Å². The van der Waals surface area contributed by atoms with Crippen molar-refractivity contribution in [1.82, 2.24) is 0 Å². The topological polar surface area (TPSA) is 47.6 Å². The van der Waals surface area contributed by atoms with Crippen LogP contribution in [0.25, 0.3) is 0 Å². The Bertz CT molecular complexity index is 1120. The minimum absolute atomic E-state index is 0.695. The molecule has 0 amide bonds. The van der Waals surface area contributed by atoms with Crippen LogP contribution in [-0.2, 0) is 0 Å². The van der Waals surface area contributed by atoms with E-state index in [1.54, 1.807) is 23.5 Å². The third-order valence-electron chi connectivity index (χ3n) is 4.27. The summed E-state index contributed by atoms with van der Waals surface area (Å²) in [4.78, 5) is 4.70. The molecule has 0 atom stereocenters. The molecule has 0 aromatic heterocycles. The van der Waals surface area contributed by atoms with E-state index in [9.17, 15) is 0 Å². The van der Waals surface area contributed by atoms with Gasteiger partial charge in [-0.05, 0) is 91.9 Å². The number of halogens is 1. The first-order valence-corrected chi connectivity index (χ1v) is 12.2. The average molecular weight is 516 g/mol. The van der Waals surface area contributed by atoms with E-state index in [2.05, 4.69) is 71.4 Å². The second-order valence-electron chi connectivity index (χ2n) is 6.74. The van der Waals surface area contributed by atoms with Gasteiger partial charge >= 0.3 is 0 Å². The number of benzene rings is 4. The zero-order valence-electron chi connectivity index (χ0n) is 17.3. The molecular formula is C27H19BrN2S2. The summed E-state index contributed by atoms with van der Waals surface area (Å²) in [5, 5.41) is 17.4. The summed E-state index contributed by atoms with van der Waals surface area (Å²) in [7, 11) is 0. The predicted molar refractivity (Wildman–Crippen MR) is 136 cm³/mol. The van der Waals surface area contributed by atoms with Crippen molar-refractivity contribution in [3.8, 4) is 12.1 Å². The first kappa shape index (κ1) is 23.7. The summed E-state index contributed by atoms with van der Waals surface area (Å²) in [6, 6.07) is 36.1. The third kappa shape index (κ3) is 7.62. The maximum absolute atomic E-state index is 8.69. The van der Waals surface area contributed by atoms with Crippen LogP contribution >= 0.6 is 39.5 Å². The van der Waals surface area contributed by atoms with Crippen LogP contribution in [0, 0.1) is 29.6 Å². The van der Waals surface area contributed by atoms with Crippen LogP contribution in [0.1, 0.15) is 16.7 Å². The molecule has 4 aromatic rings. The lowest BCUT2D eigenvalue weighted by Gasteiger charge is -2.01. The van der Waals surface area contributed by atoms with Gasteiger partial charge in [-0.25, -0.2) is 0 Å². The van der Waals surface area contributed by atoms with Crippen molar-refractivity contribution < 1.29 is 0 Å². The van der Waals surface area contributed by atoms with Crippen LogP contribution in [0.3, 0.4) is 0 Å². The van der Waals surface area contributed by atoms with Gasteiger partial charge in [-0.2, -0.15) is 10.5 Å². The van der Waals surface area contributed by atoms with Crippen LogP contribution in [0.15, 0.2) is 121 Å². The Morgan fingerprint density at radius 2 is 0.844 bits per heavy atom. The molecule has 0 bridgehead atoms. The van der Waals surface area contributed by atoms with E-state index in [0.29, 0.717) is 11.1 Å². The highest BCUT2D eigenvalue weighted by Gasteiger charge is 1.98. The molecule has 0 N–H and O–H groups in total. The average Bonchev–Trinajstić information content (AvgIpc) is 2.83. The summed E-state index contributed by atoms with van der Waals surface area (Å²) in [5.41, 5.74) is 2.66. The van der Waals surface area contributed by atoms with Gasteiger partial charge in [0.1, 0.15) is 0 Å². The summed E-state index contributed by atoms with van der Waals surface area (Å²) in [6.45, 7) is 2.08. The number of hydrogen-bond acceptors (Lipinski definition) is 4. The van der Waals surface area contributed by atoms with Crippen molar-refractivity contribution in [2.45, 2.75) is 26.5 Å². The Hall–Kier alpha value is -2.96. The third-order valence-corrected chi connectivity index (χ3v) is 6.83. The molecule has 4 rings (SSSR count). The van der Waals surface area contributed by atoms with Crippen LogP contribution < -0.4 is 0 Å². The highest BCUT2D eigenvalue weighted by atomic mass is 79.9. The van der Waals surface area contributed by atoms with Crippen molar-refractivity contribution in [1.29, 1.82) is 10.5 Å². The zero-order chi connectivity index (χ0) is 22.8. The quantitative estimate of drug-likeness (QED) is 0.273. The molecule has 156 valence electrons. The Morgan fingerprint density at radius 3 is 1.19 bits per heavy atom. The molecule has 0 unspecified atom stereocenters. The maximum Gasteiger partial charge on any atom is 0.0991 e. The van der Waals surface area contributed by atoms with E-state index in [-0.39, 0.29) is 0 Å². The predicted octanol–water partition coefficient (Wildman–Crippen LogP) is 8.49. The summed E-state index contributed by atoms with van der Waals surface area (Å²) in [5.74, 6) is 0. The molecule has 4 aromatic carbocycles. The van der Waals surface area contributed by atoms with Crippen molar-refractivity contribution in [3.63, 3.8) is 0 Å². The van der Waals surface area contributed by atoms with Gasteiger partial charge < -0.3 is 0 Å².